The van der Waals surface area contributed by atoms with Crippen molar-refractivity contribution < 1.29 is 9.53 Å². The third kappa shape index (κ3) is 5.49. The summed E-state index contributed by atoms with van der Waals surface area (Å²) in [6, 6.07) is 22.5. The Balaban J connectivity index is 1.61. The molecule has 0 unspecified atom stereocenters. The fraction of sp³-hybridized carbons (Fsp3) is 0.136. The first-order chi connectivity index (χ1) is 13.1. The van der Waals surface area contributed by atoms with E-state index in [0.29, 0.717) is 34.5 Å². The van der Waals surface area contributed by atoms with Crippen LogP contribution in [0, 0.1) is 0 Å². The van der Waals surface area contributed by atoms with E-state index >= 15 is 0 Å². The fourth-order valence-corrected chi connectivity index (χ4v) is 3.11. The van der Waals surface area contributed by atoms with Gasteiger partial charge in [-0.05, 0) is 35.4 Å². The highest BCUT2D eigenvalue weighted by atomic mass is 35.5. The minimum atomic E-state index is -0.212. The smallest absolute Gasteiger partial charge is 0.255 e. The van der Waals surface area contributed by atoms with E-state index in [2.05, 4.69) is 17.4 Å². The lowest BCUT2D eigenvalue weighted by atomic mass is 10.1. The Morgan fingerprint density at radius 2 is 1.67 bits per heavy atom. The predicted molar refractivity (Wildman–Crippen MR) is 110 cm³/mol. The van der Waals surface area contributed by atoms with Crippen LogP contribution >= 0.6 is 23.2 Å². The second kappa shape index (κ2) is 9.45. The highest BCUT2D eigenvalue weighted by Gasteiger charge is 2.12. The van der Waals surface area contributed by atoms with Crippen LogP contribution in [0.1, 0.15) is 21.5 Å². The standard InChI is InChI=1S/C22H19Cl2NO2/c23-18-11-10-17(20(24)14-18)15-25-22(26)19-8-4-5-9-21(19)27-13-12-16-6-2-1-3-7-16/h1-11,14H,12-13,15H2,(H,25,26). The van der Waals surface area contributed by atoms with Crippen LogP contribution < -0.4 is 10.1 Å². The number of hydrogen-bond acceptors (Lipinski definition) is 2. The second-order valence-corrected chi connectivity index (χ2v) is 6.84. The summed E-state index contributed by atoms with van der Waals surface area (Å²) in [7, 11) is 0. The lowest BCUT2D eigenvalue weighted by Crippen LogP contribution is -2.23. The first kappa shape index (κ1) is 19.3. The van der Waals surface area contributed by atoms with Gasteiger partial charge in [0.1, 0.15) is 5.75 Å². The van der Waals surface area contributed by atoms with E-state index in [-0.39, 0.29) is 5.91 Å². The SMILES string of the molecule is O=C(NCc1ccc(Cl)cc1Cl)c1ccccc1OCCc1ccccc1. The van der Waals surface area contributed by atoms with Gasteiger partial charge < -0.3 is 10.1 Å². The molecule has 0 spiro atoms. The molecule has 3 aromatic carbocycles. The maximum absolute atomic E-state index is 12.6. The Morgan fingerprint density at radius 1 is 0.926 bits per heavy atom. The highest BCUT2D eigenvalue weighted by molar-refractivity contribution is 6.35. The number of carbonyl (C=O) groups excluding carboxylic acids is 1. The summed E-state index contributed by atoms with van der Waals surface area (Å²) < 4.78 is 5.85. The quantitative estimate of drug-likeness (QED) is 0.565. The van der Waals surface area contributed by atoms with Crippen molar-refractivity contribution in [1.29, 1.82) is 0 Å². The van der Waals surface area contributed by atoms with Crippen molar-refractivity contribution in [2.24, 2.45) is 0 Å². The Bertz CT molecular complexity index is 913. The first-order valence-corrected chi connectivity index (χ1v) is 9.37. The molecule has 1 N–H and O–H groups in total. The van der Waals surface area contributed by atoms with Crippen LogP contribution in [0.5, 0.6) is 5.75 Å². The van der Waals surface area contributed by atoms with E-state index in [1.165, 1.54) is 5.56 Å². The number of rotatable bonds is 7. The largest absolute Gasteiger partial charge is 0.492 e. The average Bonchev–Trinajstić information content (AvgIpc) is 2.68. The molecule has 0 atom stereocenters. The molecule has 5 heteroatoms. The number of halogens is 2. The Kier molecular flexibility index (Phi) is 6.74. The van der Waals surface area contributed by atoms with Crippen molar-refractivity contribution in [2.75, 3.05) is 6.61 Å². The number of carbonyl (C=O) groups is 1. The number of amides is 1. The van der Waals surface area contributed by atoms with Gasteiger partial charge in [-0.25, -0.2) is 0 Å². The zero-order valence-electron chi connectivity index (χ0n) is 14.6. The molecule has 0 aliphatic rings. The van der Waals surface area contributed by atoms with Gasteiger partial charge in [0.2, 0.25) is 0 Å². The van der Waals surface area contributed by atoms with Gasteiger partial charge in [0.05, 0.1) is 12.2 Å². The van der Waals surface area contributed by atoms with Crippen LogP contribution in [0.4, 0.5) is 0 Å². The number of benzene rings is 3. The van der Waals surface area contributed by atoms with Crippen LogP contribution in [0.25, 0.3) is 0 Å². The minimum absolute atomic E-state index is 0.212. The third-order valence-electron chi connectivity index (χ3n) is 4.08. The highest BCUT2D eigenvalue weighted by Crippen LogP contribution is 2.22. The van der Waals surface area contributed by atoms with Gasteiger partial charge in [-0.15, -0.1) is 0 Å². The number of nitrogens with one attached hydrogen (secondary N) is 1. The molecule has 0 saturated carbocycles. The first-order valence-electron chi connectivity index (χ1n) is 8.61. The number of para-hydroxylation sites is 1. The molecule has 3 rings (SSSR count). The fourth-order valence-electron chi connectivity index (χ4n) is 2.64. The van der Waals surface area contributed by atoms with Gasteiger partial charge in [-0.1, -0.05) is 71.7 Å². The van der Waals surface area contributed by atoms with Gasteiger partial charge in [-0.2, -0.15) is 0 Å². The monoisotopic (exact) mass is 399 g/mol. The number of ether oxygens (including phenoxy) is 1. The van der Waals surface area contributed by atoms with E-state index in [1.54, 1.807) is 30.3 Å². The minimum Gasteiger partial charge on any atom is -0.492 e. The third-order valence-corrected chi connectivity index (χ3v) is 4.66. The molecule has 1 amide bonds. The van der Waals surface area contributed by atoms with E-state index in [0.717, 1.165) is 12.0 Å². The van der Waals surface area contributed by atoms with Gasteiger partial charge in [-0.3, -0.25) is 4.79 Å². The van der Waals surface area contributed by atoms with Crippen molar-refractivity contribution in [2.45, 2.75) is 13.0 Å². The molecule has 0 fully saturated rings. The molecule has 0 radical (unpaired) electrons. The molecule has 0 aliphatic heterocycles. The summed E-state index contributed by atoms with van der Waals surface area (Å²) in [5, 5.41) is 3.96. The van der Waals surface area contributed by atoms with Crippen molar-refractivity contribution >= 4 is 29.1 Å². The average molecular weight is 400 g/mol. The van der Waals surface area contributed by atoms with E-state index in [1.807, 2.05) is 30.3 Å². The zero-order valence-corrected chi connectivity index (χ0v) is 16.1. The van der Waals surface area contributed by atoms with Crippen LogP contribution in [-0.2, 0) is 13.0 Å². The van der Waals surface area contributed by atoms with Crippen LogP contribution in [0.15, 0.2) is 72.8 Å². The topological polar surface area (TPSA) is 38.3 Å². The van der Waals surface area contributed by atoms with Crippen LogP contribution in [0.3, 0.4) is 0 Å². The molecule has 138 valence electrons. The predicted octanol–water partition coefficient (Wildman–Crippen LogP) is 5.54. The molecule has 27 heavy (non-hydrogen) atoms. The Morgan fingerprint density at radius 3 is 2.44 bits per heavy atom. The zero-order chi connectivity index (χ0) is 19.1. The Hall–Kier alpha value is -2.49. The van der Waals surface area contributed by atoms with E-state index in [9.17, 15) is 4.79 Å². The maximum Gasteiger partial charge on any atom is 0.255 e. The molecule has 0 aliphatic carbocycles. The summed E-state index contributed by atoms with van der Waals surface area (Å²) in [5.41, 5.74) is 2.49. The van der Waals surface area contributed by atoms with Gasteiger partial charge in [0.25, 0.3) is 5.91 Å². The number of hydrogen-bond donors (Lipinski definition) is 1. The molecular formula is C22H19Cl2NO2. The van der Waals surface area contributed by atoms with Gasteiger partial charge >= 0.3 is 0 Å². The molecule has 3 nitrogen and oxygen atoms in total. The summed E-state index contributed by atoms with van der Waals surface area (Å²) in [6.07, 6.45) is 0.775. The molecular weight excluding hydrogens is 381 g/mol. The van der Waals surface area contributed by atoms with Crippen LogP contribution in [0.2, 0.25) is 10.0 Å². The summed E-state index contributed by atoms with van der Waals surface area (Å²) >= 11 is 12.1. The molecule has 0 heterocycles. The van der Waals surface area contributed by atoms with Crippen LogP contribution in [-0.4, -0.2) is 12.5 Å². The molecule has 0 bridgehead atoms. The van der Waals surface area contributed by atoms with Gasteiger partial charge in [0, 0.05) is 23.0 Å². The summed E-state index contributed by atoms with van der Waals surface area (Å²) in [6.45, 7) is 0.810. The van der Waals surface area contributed by atoms with Crippen molar-refractivity contribution in [1.82, 2.24) is 5.32 Å². The molecule has 0 aromatic heterocycles. The lowest BCUT2D eigenvalue weighted by molar-refractivity contribution is 0.0947. The summed E-state index contributed by atoms with van der Waals surface area (Å²) in [5.74, 6) is 0.351. The lowest BCUT2D eigenvalue weighted by Gasteiger charge is -2.12. The van der Waals surface area contributed by atoms with Gasteiger partial charge in [0.15, 0.2) is 0 Å². The molecule has 0 saturated heterocycles. The van der Waals surface area contributed by atoms with Crippen molar-refractivity contribution in [3.8, 4) is 5.75 Å². The maximum atomic E-state index is 12.6. The second-order valence-electron chi connectivity index (χ2n) is 6.00. The molecule has 3 aromatic rings. The van der Waals surface area contributed by atoms with Crippen molar-refractivity contribution in [3.63, 3.8) is 0 Å². The Labute approximate surface area is 168 Å². The summed E-state index contributed by atoms with van der Waals surface area (Å²) in [4.78, 5) is 12.6. The van der Waals surface area contributed by atoms with E-state index in [4.69, 9.17) is 27.9 Å². The van der Waals surface area contributed by atoms with E-state index < -0.39 is 0 Å². The normalized spacial score (nSPS) is 10.4. The van der Waals surface area contributed by atoms with Crippen molar-refractivity contribution in [3.05, 3.63) is 99.5 Å².